The lowest BCUT2D eigenvalue weighted by molar-refractivity contribution is -0.128. The second-order valence-electron chi connectivity index (χ2n) is 5.89. The lowest BCUT2D eigenvalue weighted by atomic mass is 10.1. The van der Waals surface area contributed by atoms with Crippen molar-refractivity contribution in [2.45, 2.75) is 12.8 Å². The van der Waals surface area contributed by atoms with E-state index in [9.17, 15) is 4.79 Å². The third-order valence-corrected chi connectivity index (χ3v) is 4.00. The molecule has 2 rings (SSSR count). The van der Waals surface area contributed by atoms with Crippen molar-refractivity contribution >= 4 is 11.7 Å². The summed E-state index contributed by atoms with van der Waals surface area (Å²) in [6.07, 6.45) is 3.38. The van der Waals surface area contributed by atoms with Crippen molar-refractivity contribution in [2.75, 3.05) is 45.6 Å². The standard InChI is InChI=1S/C16H23N5O/c1-20(2)15(22)6-9-21-8-5-13(12-21)11-19-16-14(10-17)4-3-7-18-16/h3-4,7,13H,5-6,8-9,11-12H2,1-2H3,(H,18,19). The molecule has 1 N–H and O–H groups in total. The minimum Gasteiger partial charge on any atom is -0.369 e. The molecule has 22 heavy (non-hydrogen) atoms. The molecule has 2 heterocycles. The van der Waals surface area contributed by atoms with Gasteiger partial charge in [-0.2, -0.15) is 5.26 Å². The number of hydrogen-bond donors (Lipinski definition) is 1. The van der Waals surface area contributed by atoms with Crippen molar-refractivity contribution in [3.05, 3.63) is 23.9 Å². The van der Waals surface area contributed by atoms with E-state index in [-0.39, 0.29) is 5.91 Å². The number of nitriles is 1. The zero-order valence-electron chi connectivity index (χ0n) is 13.2. The maximum Gasteiger partial charge on any atom is 0.223 e. The fourth-order valence-electron chi connectivity index (χ4n) is 2.64. The Balaban J connectivity index is 1.75. The fraction of sp³-hybridized carbons (Fsp3) is 0.562. The molecule has 1 unspecified atom stereocenters. The van der Waals surface area contributed by atoms with Gasteiger partial charge < -0.3 is 15.1 Å². The monoisotopic (exact) mass is 301 g/mol. The van der Waals surface area contributed by atoms with Gasteiger partial charge in [-0.25, -0.2) is 4.98 Å². The maximum atomic E-state index is 11.6. The number of anilines is 1. The molecule has 0 saturated carbocycles. The van der Waals surface area contributed by atoms with Gasteiger partial charge in [0, 0.05) is 46.3 Å². The fourth-order valence-corrected chi connectivity index (χ4v) is 2.64. The molecule has 1 amide bonds. The maximum absolute atomic E-state index is 11.6. The number of aromatic nitrogens is 1. The van der Waals surface area contributed by atoms with Crippen LogP contribution in [0.2, 0.25) is 0 Å². The first kappa shape index (κ1) is 16.2. The van der Waals surface area contributed by atoms with Crippen LogP contribution in [0.25, 0.3) is 0 Å². The van der Waals surface area contributed by atoms with Gasteiger partial charge >= 0.3 is 0 Å². The summed E-state index contributed by atoms with van der Waals surface area (Å²) in [5, 5.41) is 12.3. The molecule has 0 aromatic carbocycles. The molecule has 6 nitrogen and oxygen atoms in total. The Morgan fingerprint density at radius 2 is 2.41 bits per heavy atom. The van der Waals surface area contributed by atoms with Crippen molar-refractivity contribution in [3.63, 3.8) is 0 Å². The summed E-state index contributed by atoms with van der Waals surface area (Å²) in [7, 11) is 3.58. The minimum atomic E-state index is 0.175. The van der Waals surface area contributed by atoms with Crippen LogP contribution in [0, 0.1) is 17.2 Å². The number of carbonyl (C=O) groups is 1. The molecule has 1 aromatic rings. The summed E-state index contributed by atoms with van der Waals surface area (Å²) in [6, 6.07) is 5.68. The highest BCUT2D eigenvalue weighted by Crippen LogP contribution is 2.18. The molecule has 0 aliphatic carbocycles. The normalized spacial score (nSPS) is 18.0. The van der Waals surface area contributed by atoms with Gasteiger partial charge in [0.05, 0.1) is 5.56 Å². The minimum absolute atomic E-state index is 0.175. The third kappa shape index (κ3) is 4.43. The van der Waals surface area contributed by atoms with E-state index in [0.29, 0.717) is 23.7 Å². The highest BCUT2D eigenvalue weighted by Gasteiger charge is 2.23. The topological polar surface area (TPSA) is 72.3 Å². The SMILES string of the molecule is CN(C)C(=O)CCN1CCC(CNc2ncccc2C#N)C1. The molecule has 0 radical (unpaired) electrons. The second kappa shape index (κ2) is 7.76. The van der Waals surface area contributed by atoms with E-state index in [1.54, 1.807) is 37.3 Å². The summed E-state index contributed by atoms with van der Waals surface area (Å²) in [5.74, 6) is 1.36. The van der Waals surface area contributed by atoms with Crippen molar-refractivity contribution in [3.8, 4) is 6.07 Å². The smallest absolute Gasteiger partial charge is 0.223 e. The number of rotatable bonds is 6. The Labute approximate surface area is 131 Å². The van der Waals surface area contributed by atoms with Gasteiger partial charge in [0.1, 0.15) is 11.9 Å². The molecular weight excluding hydrogens is 278 g/mol. The van der Waals surface area contributed by atoms with Crippen LogP contribution in [0.1, 0.15) is 18.4 Å². The van der Waals surface area contributed by atoms with E-state index in [1.807, 2.05) is 0 Å². The van der Waals surface area contributed by atoms with Crippen LogP contribution in [0.5, 0.6) is 0 Å². The van der Waals surface area contributed by atoms with Gasteiger partial charge in [0.25, 0.3) is 0 Å². The molecule has 6 heteroatoms. The Morgan fingerprint density at radius 3 is 3.14 bits per heavy atom. The van der Waals surface area contributed by atoms with Gasteiger partial charge in [0.15, 0.2) is 0 Å². The van der Waals surface area contributed by atoms with Crippen LogP contribution >= 0.6 is 0 Å². The van der Waals surface area contributed by atoms with E-state index in [0.717, 1.165) is 32.6 Å². The first-order valence-corrected chi connectivity index (χ1v) is 7.61. The van der Waals surface area contributed by atoms with E-state index < -0.39 is 0 Å². The zero-order chi connectivity index (χ0) is 15.9. The van der Waals surface area contributed by atoms with Gasteiger partial charge in [-0.05, 0) is 31.0 Å². The van der Waals surface area contributed by atoms with Gasteiger partial charge in [-0.3, -0.25) is 4.79 Å². The highest BCUT2D eigenvalue weighted by atomic mass is 16.2. The number of likely N-dealkylation sites (tertiary alicyclic amines) is 1. The van der Waals surface area contributed by atoms with Crippen LogP contribution in [0.4, 0.5) is 5.82 Å². The van der Waals surface area contributed by atoms with E-state index in [4.69, 9.17) is 5.26 Å². The van der Waals surface area contributed by atoms with Gasteiger partial charge in [-0.15, -0.1) is 0 Å². The predicted octanol–water partition coefficient (Wildman–Crippen LogP) is 1.17. The van der Waals surface area contributed by atoms with Crippen molar-refractivity contribution in [1.82, 2.24) is 14.8 Å². The number of pyridine rings is 1. The van der Waals surface area contributed by atoms with Crippen LogP contribution in [-0.2, 0) is 4.79 Å². The Bertz CT molecular complexity index is 552. The molecule has 1 aromatic heterocycles. The zero-order valence-corrected chi connectivity index (χ0v) is 13.2. The lowest BCUT2D eigenvalue weighted by Crippen LogP contribution is -2.29. The second-order valence-corrected chi connectivity index (χ2v) is 5.89. The van der Waals surface area contributed by atoms with Crippen molar-refractivity contribution in [1.29, 1.82) is 5.26 Å². The Morgan fingerprint density at radius 1 is 1.59 bits per heavy atom. The summed E-state index contributed by atoms with van der Waals surface area (Å²) in [5.41, 5.74) is 0.578. The molecule has 1 saturated heterocycles. The molecule has 0 spiro atoms. The molecule has 1 aliphatic rings. The van der Waals surface area contributed by atoms with Crippen molar-refractivity contribution < 1.29 is 4.79 Å². The Kier molecular flexibility index (Phi) is 5.73. The quantitative estimate of drug-likeness (QED) is 0.854. The largest absolute Gasteiger partial charge is 0.369 e. The molecule has 1 atom stereocenters. The van der Waals surface area contributed by atoms with E-state index >= 15 is 0 Å². The van der Waals surface area contributed by atoms with E-state index in [2.05, 4.69) is 21.3 Å². The summed E-state index contributed by atoms with van der Waals surface area (Å²) in [6.45, 7) is 3.65. The molecular formula is C16H23N5O. The van der Waals surface area contributed by atoms with E-state index in [1.165, 1.54) is 0 Å². The molecule has 1 aliphatic heterocycles. The van der Waals surface area contributed by atoms with Gasteiger partial charge in [0.2, 0.25) is 5.91 Å². The van der Waals surface area contributed by atoms with Gasteiger partial charge in [-0.1, -0.05) is 0 Å². The predicted molar refractivity (Wildman–Crippen MR) is 85.3 cm³/mol. The van der Waals surface area contributed by atoms with Crippen LogP contribution in [0.3, 0.4) is 0 Å². The number of carbonyl (C=O) groups excluding carboxylic acids is 1. The number of nitrogens with one attached hydrogen (secondary N) is 1. The number of hydrogen-bond acceptors (Lipinski definition) is 5. The molecule has 1 fully saturated rings. The lowest BCUT2D eigenvalue weighted by Gasteiger charge is -2.17. The Hall–Kier alpha value is -2.13. The molecule has 118 valence electrons. The van der Waals surface area contributed by atoms with Crippen LogP contribution < -0.4 is 5.32 Å². The average Bonchev–Trinajstić information content (AvgIpc) is 2.98. The average molecular weight is 301 g/mol. The number of amides is 1. The van der Waals surface area contributed by atoms with Crippen LogP contribution in [-0.4, -0.2) is 61.0 Å². The van der Waals surface area contributed by atoms with Crippen molar-refractivity contribution in [2.24, 2.45) is 5.92 Å². The van der Waals surface area contributed by atoms with Crippen LogP contribution in [0.15, 0.2) is 18.3 Å². The highest BCUT2D eigenvalue weighted by molar-refractivity contribution is 5.75. The number of nitrogens with zero attached hydrogens (tertiary/aromatic N) is 4. The third-order valence-electron chi connectivity index (χ3n) is 4.00. The first-order valence-electron chi connectivity index (χ1n) is 7.61. The molecule has 0 bridgehead atoms. The summed E-state index contributed by atoms with van der Waals surface area (Å²) < 4.78 is 0. The first-order chi connectivity index (χ1) is 10.6. The summed E-state index contributed by atoms with van der Waals surface area (Å²) in [4.78, 5) is 19.8. The summed E-state index contributed by atoms with van der Waals surface area (Å²) >= 11 is 0.